The highest BCUT2D eigenvalue weighted by Crippen LogP contribution is 2.23. The summed E-state index contributed by atoms with van der Waals surface area (Å²) in [7, 11) is 3.31. The standard InChI is InChI=1S/C13H17ClN2O4/c1-16(8-12(17)15-6-13(18)19)7-9-5-10(14)3-4-11(9)20-2/h3-5H,6-8H2,1-2H3,(H,15,17)(H,18,19). The highest BCUT2D eigenvalue weighted by Gasteiger charge is 2.11. The fraction of sp³-hybridized carbons (Fsp3) is 0.385. The minimum Gasteiger partial charge on any atom is -0.496 e. The van der Waals surface area contributed by atoms with Crippen molar-refractivity contribution in [3.63, 3.8) is 0 Å². The van der Waals surface area contributed by atoms with Crippen LogP contribution in [0.5, 0.6) is 5.75 Å². The minimum atomic E-state index is -1.07. The average Bonchev–Trinajstić information content (AvgIpc) is 2.36. The van der Waals surface area contributed by atoms with E-state index >= 15 is 0 Å². The lowest BCUT2D eigenvalue weighted by Gasteiger charge is -2.18. The van der Waals surface area contributed by atoms with Gasteiger partial charge in [0.15, 0.2) is 0 Å². The topological polar surface area (TPSA) is 78.9 Å². The SMILES string of the molecule is COc1ccc(Cl)cc1CN(C)CC(=O)NCC(=O)O. The van der Waals surface area contributed by atoms with Crippen molar-refractivity contribution >= 4 is 23.5 Å². The van der Waals surface area contributed by atoms with Gasteiger partial charge < -0.3 is 15.2 Å². The zero-order valence-corrected chi connectivity index (χ0v) is 12.1. The molecule has 0 fully saturated rings. The summed E-state index contributed by atoms with van der Waals surface area (Å²) in [5.74, 6) is -0.736. The van der Waals surface area contributed by atoms with E-state index in [9.17, 15) is 9.59 Å². The number of aliphatic carboxylic acids is 1. The molecule has 0 bridgehead atoms. The van der Waals surface area contributed by atoms with Crippen LogP contribution in [-0.2, 0) is 16.1 Å². The van der Waals surface area contributed by atoms with Crippen molar-refractivity contribution in [1.29, 1.82) is 0 Å². The van der Waals surface area contributed by atoms with E-state index in [-0.39, 0.29) is 19.0 Å². The molecular weight excluding hydrogens is 284 g/mol. The third-order valence-corrected chi connectivity index (χ3v) is 2.77. The number of hydrogen-bond acceptors (Lipinski definition) is 4. The van der Waals surface area contributed by atoms with Crippen LogP contribution in [0.2, 0.25) is 5.02 Å². The van der Waals surface area contributed by atoms with E-state index < -0.39 is 5.97 Å². The second-order valence-electron chi connectivity index (χ2n) is 4.30. The van der Waals surface area contributed by atoms with Gasteiger partial charge >= 0.3 is 5.97 Å². The number of carboxylic acids is 1. The van der Waals surface area contributed by atoms with E-state index in [1.165, 1.54) is 0 Å². The Morgan fingerprint density at radius 3 is 2.75 bits per heavy atom. The van der Waals surface area contributed by atoms with Crippen LogP contribution < -0.4 is 10.1 Å². The molecule has 0 saturated heterocycles. The molecule has 0 unspecified atom stereocenters. The summed E-state index contributed by atoms with van der Waals surface area (Å²) in [4.78, 5) is 23.6. The number of ether oxygens (including phenoxy) is 1. The molecule has 7 heteroatoms. The summed E-state index contributed by atoms with van der Waals surface area (Å²) in [5, 5.41) is 11.4. The first kappa shape index (κ1) is 16.3. The van der Waals surface area contributed by atoms with E-state index in [0.717, 1.165) is 5.56 Å². The summed E-state index contributed by atoms with van der Waals surface area (Å²) in [6.45, 7) is 0.167. The molecule has 0 spiro atoms. The van der Waals surface area contributed by atoms with Gasteiger partial charge in [0, 0.05) is 17.1 Å². The second kappa shape index (κ2) is 7.72. The van der Waals surface area contributed by atoms with Crippen molar-refractivity contribution in [2.45, 2.75) is 6.54 Å². The predicted molar refractivity (Wildman–Crippen MR) is 75.0 cm³/mol. The van der Waals surface area contributed by atoms with E-state index in [0.29, 0.717) is 17.3 Å². The lowest BCUT2D eigenvalue weighted by molar-refractivity contribution is -0.138. The van der Waals surface area contributed by atoms with Gasteiger partial charge in [-0.2, -0.15) is 0 Å². The zero-order valence-electron chi connectivity index (χ0n) is 11.4. The second-order valence-corrected chi connectivity index (χ2v) is 4.74. The number of amides is 1. The van der Waals surface area contributed by atoms with Crippen molar-refractivity contribution in [2.75, 3.05) is 27.2 Å². The summed E-state index contributed by atoms with van der Waals surface area (Å²) in [6, 6.07) is 5.26. The first-order chi connectivity index (χ1) is 9.42. The molecule has 1 rings (SSSR count). The normalized spacial score (nSPS) is 10.4. The van der Waals surface area contributed by atoms with E-state index in [2.05, 4.69) is 5.32 Å². The highest BCUT2D eigenvalue weighted by molar-refractivity contribution is 6.30. The summed E-state index contributed by atoms with van der Waals surface area (Å²) in [6.07, 6.45) is 0. The molecule has 0 aliphatic heterocycles. The molecule has 0 atom stereocenters. The molecule has 0 heterocycles. The Labute approximate surface area is 122 Å². The number of nitrogens with one attached hydrogen (secondary N) is 1. The van der Waals surface area contributed by atoms with E-state index in [1.807, 2.05) is 0 Å². The number of likely N-dealkylation sites (N-methyl/N-ethyl adjacent to an activating group) is 1. The number of benzene rings is 1. The molecule has 0 aromatic heterocycles. The van der Waals surface area contributed by atoms with Gasteiger partial charge in [0.25, 0.3) is 0 Å². The lowest BCUT2D eigenvalue weighted by atomic mass is 10.2. The molecule has 1 aromatic rings. The molecule has 2 N–H and O–H groups in total. The quantitative estimate of drug-likeness (QED) is 0.785. The molecule has 20 heavy (non-hydrogen) atoms. The molecule has 6 nitrogen and oxygen atoms in total. The van der Waals surface area contributed by atoms with Gasteiger partial charge in [0.05, 0.1) is 13.7 Å². The number of carbonyl (C=O) groups is 2. The lowest BCUT2D eigenvalue weighted by Crippen LogP contribution is -2.37. The van der Waals surface area contributed by atoms with E-state index in [1.54, 1.807) is 37.3 Å². The van der Waals surface area contributed by atoms with Crippen LogP contribution in [0.15, 0.2) is 18.2 Å². The Morgan fingerprint density at radius 2 is 2.15 bits per heavy atom. The molecule has 0 aliphatic rings. The molecule has 0 radical (unpaired) electrons. The number of carbonyl (C=O) groups excluding carboxylic acids is 1. The molecular formula is C13H17ClN2O4. The van der Waals surface area contributed by atoms with Crippen LogP contribution in [0.1, 0.15) is 5.56 Å². The van der Waals surface area contributed by atoms with Crippen LogP contribution >= 0.6 is 11.6 Å². The predicted octanol–water partition coefficient (Wildman–Crippen LogP) is 0.981. The zero-order chi connectivity index (χ0) is 15.1. The number of halogens is 1. The maximum Gasteiger partial charge on any atom is 0.322 e. The maximum absolute atomic E-state index is 11.5. The van der Waals surface area contributed by atoms with Gasteiger partial charge in [0.1, 0.15) is 12.3 Å². The third kappa shape index (κ3) is 5.46. The third-order valence-electron chi connectivity index (χ3n) is 2.53. The van der Waals surface area contributed by atoms with E-state index in [4.69, 9.17) is 21.4 Å². The van der Waals surface area contributed by atoms with Crippen molar-refractivity contribution in [1.82, 2.24) is 10.2 Å². The molecule has 0 saturated carbocycles. The maximum atomic E-state index is 11.5. The fourth-order valence-electron chi connectivity index (χ4n) is 1.69. The summed E-state index contributed by atoms with van der Waals surface area (Å²) >= 11 is 5.93. The Balaban J connectivity index is 2.57. The summed E-state index contributed by atoms with van der Waals surface area (Å²) in [5.41, 5.74) is 0.855. The highest BCUT2D eigenvalue weighted by atomic mass is 35.5. The van der Waals surface area contributed by atoms with Gasteiger partial charge in [-0.25, -0.2) is 0 Å². The van der Waals surface area contributed by atoms with Gasteiger partial charge in [-0.1, -0.05) is 11.6 Å². The summed E-state index contributed by atoms with van der Waals surface area (Å²) < 4.78 is 5.22. The molecule has 0 aliphatic carbocycles. The van der Waals surface area contributed by atoms with Crippen molar-refractivity contribution < 1.29 is 19.4 Å². The largest absolute Gasteiger partial charge is 0.496 e. The fourth-order valence-corrected chi connectivity index (χ4v) is 1.89. The molecule has 1 aromatic carbocycles. The van der Waals surface area contributed by atoms with Crippen molar-refractivity contribution in [3.05, 3.63) is 28.8 Å². The number of carboxylic acid groups (broad SMARTS) is 1. The van der Waals surface area contributed by atoms with Gasteiger partial charge in [-0.05, 0) is 25.2 Å². The smallest absolute Gasteiger partial charge is 0.322 e. The Bertz CT molecular complexity index is 493. The average molecular weight is 301 g/mol. The van der Waals surface area contributed by atoms with Gasteiger partial charge in [0.2, 0.25) is 5.91 Å². The van der Waals surface area contributed by atoms with Crippen LogP contribution in [0, 0.1) is 0 Å². The van der Waals surface area contributed by atoms with Gasteiger partial charge in [-0.3, -0.25) is 14.5 Å². The van der Waals surface area contributed by atoms with Gasteiger partial charge in [-0.15, -0.1) is 0 Å². The first-order valence-electron chi connectivity index (χ1n) is 5.92. The Hall–Kier alpha value is -1.79. The monoisotopic (exact) mass is 300 g/mol. The Morgan fingerprint density at radius 1 is 1.45 bits per heavy atom. The van der Waals surface area contributed by atoms with Crippen molar-refractivity contribution in [3.8, 4) is 5.75 Å². The van der Waals surface area contributed by atoms with Crippen LogP contribution in [-0.4, -0.2) is 49.1 Å². The number of rotatable bonds is 7. The van der Waals surface area contributed by atoms with Crippen molar-refractivity contribution in [2.24, 2.45) is 0 Å². The minimum absolute atomic E-state index is 0.0863. The number of nitrogens with zero attached hydrogens (tertiary/aromatic N) is 1. The first-order valence-corrected chi connectivity index (χ1v) is 6.29. The number of methoxy groups -OCH3 is 1. The van der Waals surface area contributed by atoms with Crippen LogP contribution in [0.25, 0.3) is 0 Å². The van der Waals surface area contributed by atoms with Crippen LogP contribution in [0.3, 0.4) is 0 Å². The Kier molecular flexibility index (Phi) is 6.27. The molecule has 1 amide bonds. The molecule has 110 valence electrons. The van der Waals surface area contributed by atoms with Crippen LogP contribution in [0.4, 0.5) is 0 Å². The number of hydrogen-bond donors (Lipinski definition) is 2.